The highest BCUT2D eigenvalue weighted by Gasteiger charge is 2.23. The minimum atomic E-state index is -0.791. The van der Waals surface area contributed by atoms with E-state index in [1.54, 1.807) is 67.9 Å². The van der Waals surface area contributed by atoms with Gasteiger partial charge in [-0.15, -0.1) is 0 Å². The van der Waals surface area contributed by atoms with Gasteiger partial charge in [0.15, 0.2) is 11.5 Å². The first-order chi connectivity index (χ1) is 20.8. The van der Waals surface area contributed by atoms with Crippen molar-refractivity contribution in [3.63, 3.8) is 0 Å². The molecule has 3 N–H and O–H groups in total. The number of pyridine rings is 1. The van der Waals surface area contributed by atoms with Gasteiger partial charge in [-0.2, -0.15) is 0 Å². The minimum absolute atomic E-state index is 0.147. The molecule has 0 saturated carbocycles. The van der Waals surface area contributed by atoms with Crippen LogP contribution in [0.5, 0.6) is 23.0 Å². The molecule has 0 aliphatic carbocycles. The lowest BCUT2D eigenvalue weighted by Crippen LogP contribution is -2.37. The molecule has 0 aliphatic heterocycles. The van der Waals surface area contributed by atoms with E-state index in [0.717, 1.165) is 18.2 Å². The van der Waals surface area contributed by atoms with Crippen molar-refractivity contribution in [2.45, 2.75) is 52.2 Å². The van der Waals surface area contributed by atoms with E-state index in [4.69, 9.17) is 24.7 Å². The number of carbonyl (C=O) groups excluding carboxylic acids is 2. The van der Waals surface area contributed by atoms with Crippen LogP contribution in [0.3, 0.4) is 0 Å². The molecule has 0 fully saturated rings. The van der Waals surface area contributed by atoms with Gasteiger partial charge in [0.2, 0.25) is 0 Å². The minimum Gasteiger partial charge on any atom is -0.493 e. The second-order valence-electron chi connectivity index (χ2n) is 10.3. The molecule has 1 amide bonds. The Labute approximate surface area is 252 Å². The van der Waals surface area contributed by atoms with E-state index in [-0.39, 0.29) is 31.0 Å². The van der Waals surface area contributed by atoms with Gasteiger partial charge in [0.25, 0.3) is 5.91 Å². The monoisotopic (exact) mass is 585 g/mol. The first-order valence-corrected chi connectivity index (χ1v) is 14.5. The van der Waals surface area contributed by atoms with Crippen LogP contribution in [-0.2, 0) is 9.53 Å². The molecule has 43 heavy (non-hydrogen) atoms. The van der Waals surface area contributed by atoms with Crippen LogP contribution in [0, 0.1) is 5.92 Å². The fraction of sp³-hybridized carbons (Fsp3) is 0.324. The Morgan fingerprint density at radius 3 is 2.35 bits per heavy atom. The number of nitrogens with one attached hydrogen (secondary N) is 1. The Balaban J connectivity index is 1.40. The van der Waals surface area contributed by atoms with Gasteiger partial charge in [-0.3, -0.25) is 14.6 Å². The number of hydrogen-bond acceptors (Lipinski definition) is 8. The zero-order valence-corrected chi connectivity index (χ0v) is 25.0. The van der Waals surface area contributed by atoms with E-state index in [2.05, 4.69) is 24.1 Å². The fourth-order valence-corrected chi connectivity index (χ4v) is 4.53. The van der Waals surface area contributed by atoms with Crippen LogP contribution in [-0.4, -0.2) is 42.7 Å². The lowest BCUT2D eigenvalue weighted by atomic mass is 10.00. The summed E-state index contributed by atoms with van der Waals surface area (Å²) < 4.78 is 23.4. The highest BCUT2D eigenvalue weighted by Crippen LogP contribution is 2.37. The summed E-state index contributed by atoms with van der Waals surface area (Å²) in [7, 11) is 1.55. The van der Waals surface area contributed by atoms with Gasteiger partial charge in [-0.1, -0.05) is 45.4 Å². The van der Waals surface area contributed by atoms with Crippen molar-refractivity contribution >= 4 is 28.5 Å². The molecule has 4 aromatic rings. The van der Waals surface area contributed by atoms with Crippen LogP contribution in [0.4, 0.5) is 5.69 Å². The Kier molecular flexibility index (Phi) is 10.9. The molecular weight excluding hydrogens is 546 g/mol. The molecule has 9 nitrogen and oxygen atoms in total. The van der Waals surface area contributed by atoms with Gasteiger partial charge < -0.3 is 30.0 Å². The summed E-state index contributed by atoms with van der Waals surface area (Å²) in [5, 5.41) is 3.61. The van der Waals surface area contributed by atoms with E-state index < -0.39 is 12.0 Å². The van der Waals surface area contributed by atoms with Crippen molar-refractivity contribution in [3.8, 4) is 23.0 Å². The molecule has 3 atom stereocenters. The molecule has 2 unspecified atom stereocenters. The van der Waals surface area contributed by atoms with Gasteiger partial charge in [0, 0.05) is 35.3 Å². The van der Waals surface area contributed by atoms with Crippen LogP contribution >= 0.6 is 0 Å². The quantitative estimate of drug-likeness (QED) is 0.156. The third-order valence-electron chi connectivity index (χ3n) is 7.30. The van der Waals surface area contributed by atoms with Gasteiger partial charge in [0.1, 0.15) is 23.6 Å². The average Bonchev–Trinajstić information content (AvgIpc) is 3.04. The zero-order valence-electron chi connectivity index (χ0n) is 25.0. The standard InChI is InChI=1S/C34H39N3O6/c1-5-22(3)29(6-2)43-34(39)27(35)17-19-41-32-21-28-26(20-31(32)40-4)30(16-18-36-28)42-25-14-12-24(13-15-25)37-33(38)23-10-8-7-9-11-23/h7-16,18,20-22,27,29H,5-6,17,19,35H2,1-4H3,(H,37,38)/t22?,27-,29?/m0/s1. The fourth-order valence-electron chi connectivity index (χ4n) is 4.53. The molecule has 1 aromatic heterocycles. The molecular formula is C34H39N3O6. The third kappa shape index (κ3) is 8.23. The highest BCUT2D eigenvalue weighted by atomic mass is 16.5. The van der Waals surface area contributed by atoms with E-state index in [9.17, 15) is 9.59 Å². The summed E-state index contributed by atoms with van der Waals surface area (Å²) >= 11 is 0. The normalized spacial score (nSPS) is 13.0. The van der Waals surface area contributed by atoms with Crippen LogP contribution in [0.15, 0.2) is 79.0 Å². The number of benzene rings is 3. The van der Waals surface area contributed by atoms with E-state index in [1.807, 2.05) is 25.1 Å². The largest absolute Gasteiger partial charge is 0.493 e. The van der Waals surface area contributed by atoms with E-state index in [1.165, 1.54) is 0 Å². The molecule has 3 aromatic carbocycles. The van der Waals surface area contributed by atoms with Crippen molar-refractivity contribution in [2.24, 2.45) is 11.7 Å². The van der Waals surface area contributed by atoms with Gasteiger partial charge in [0.05, 0.1) is 19.2 Å². The second-order valence-corrected chi connectivity index (χ2v) is 10.3. The Bertz CT molecular complexity index is 1510. The van der Waals surface area contributed by atoms with E-state index >= 15 is 0 Å². The highest BCUT2D eigenvalue weighted by molar-refractivity contribution is 6.04. The first-order valence-electron chi connectivity index (χ1n) is 14.5. The predicted octanol–water partition coefficient (Wildman–Crippen LogP) is 6.75. The predicted molar refractivity (Wildman–Crippen MR) is 167 cm³/mol. The number of carbonyl (C=O) groups is 2. The molecule has 0 spiro atoms. The number of hydrogen-bond donors (Lipinski definition) is 2. The van der Waals surface area contributed by atoms with Crippen LogP contribution < -0.4 is 25.3 Å². The maximum atomic E-state index is 12.5. The second kappa shape index (κ2) is 15.0. The summed E-state index contributed by atoms with van der Waals surface area (Å²) in [5.74, 6) is 1.79. The topological polar surface area (TPSA) is 122 Å². The van der Waals surface area contributed by atoms with Crippen molar-refractivity contribution in [1.82, 2.24) is 4.98 Å². The van der Waals surface area contributed by atoms with Gasteiger partial charge in [-0.25, -0.2) is 0 Å². The Morgan fingerprint density at radius 1 is 0.930 bits per heavy atom. The number of methoxy groups -OCH3 is 1. The van der Waals surface area contributed by atoms with Crippen molar-refractivity contribution in [2.75, 3.05) is 19.0 Å². The summed E-state index contributed by atoms with van der Waals surface area (Å²) in [5.41, 5.74) is 7.98. The number of ether oxygens (including phenoxy) is 4. The zero-order chi connectivity index (χ0) is 30.8. The number of esters is 1. The number of nitrogens with two attached hydrogens (primary N) is 1. The van der Waals surface area contributed by atoms with E-state index in [0.29, 0.717) is 39.8 Å². The average molecular weight is 586 g/mol. The summed E-state index contributed by atoms with van der Waals surface area (Å²) in [4.78, 5) is 29.4. The number of amides is 1. The summed E-state index contributed by atoms with van der Waals surface area (Å²) in [6.45, 7) is 6.33. The third-order valence-corrected chi connectivity index (χ3v) is 7.30. The smallest absolute Gasteiger partial charge is 0.323 e. The molecule has 226 valence electrons. The Morgan fingerprint density at radius 2 is 1.67 bits per heavy atom. The molecule has 0 saturated heterocycles. The van der Waals surface area contributed by atoms with Crippen LogP contribution in [0.1, 0.15) is 50.4 Å². The molecule has 1 heterocycles. The molecule has 9 heteroatoms. The van der Waals surface area contributed by atoms with Crippen LogP contribution in [0.2, 0.25) is 0 Å². The Hall–Kier alpha value is -4.63. The number of aromatic nitrogens is 1. The van der Waals surface area contributed by atoms with Crippen LogP contribution in [0.25, 0.3) is 10.9 Å². The lowest BCUT2D eigenvalue weighted by Gasteiger charge is -2.23. The number of rotatable bonds is 14. The maximum absolute atomic E-state index is 12.5. The molecule has 0 bridgehead atoms. The maximum Gasteiger partial charge on any atom is 0.323 e. The van der Waals surface area contributed by atoms with Crippen molar-refractivity contribution in [1.29, 1.82) is 0 Å². The van der Waals surface area contributed by atoms with Gasteiger partial charge >= 0.3 is 5.97 Å². The summed E-state index contributed by atoms with van der Waals surface area (Å²) in [6, 6.07) is 20.7. The number of nitrogens with zero attached hydrogens (tertiary/aromatic N) is 1. The molecule has 0 aliphatic rings. The van der Waals surface area contributed by atoms with Crippen molar-refractivity contribution in [3.05, 3.63) is 84.6 Å². The first kappa shape index (κ1) is 31.3. The summed E-state index contributed by atoms with van der Waals surface area (Å²) in [6.07, 6.45) is 3.46. The van der Waals surface area contributed by atoms with Gasteiger partial charge in [-0.05, 0) is 60.9 Å². The molecule has 0 radical (unpaired) electrons. The van der Waals surface area contributed by atoms with Crippen molar-refractivity contribution < 1.29 is 28.5 Å². The SMILES string of the molecule is CCC(C)C(CC)OC(=O)[C@@H](N)CCOc1cc2nccc(Oc3ccc(NC(=O)c4ccccc4)cc3)c2cc1OC. The number of fused-ring (bicyclic) bond motifs is 1. The number of anilines is 1. The lowest BCUT2D eigenvalue weighted by molar-refractivity contribution is -0.153. The molecule has 4 rings (SSSR count).